The van der Waals surface area contributed by atoms with Gasteiger partial charge in [0.1, 0.15) is 0 Å². The molecule has 1 aliphatic rings. The zero-order valence-corrected chi connectivity index (χ0v) is 14.5. The number of benzene rings is 2. The maximum absolute atomic E-state index is 12.4. The number of aryl methyl sites for hydroxylation is 2. The van der Waals surface area contributed by atoms with Gasteiger partial charge in [0.15, 0.2) is 0 Å². The molecule has 0 aromatic heterocycles. The summed E-state index contributed by atoms with van der Waals surface area (Å²) in [6.45, 7) is 7.84. The number of piperazine rings is 1. The number of nitrogens with zero attached hydrogens (tertiary/aromatic N) is 2. The first-order valence-electron chi connectivity index (χ1n) is 8.52. The largest absolute Gasteiger partial charge is 0.376 e. The number of nitrogens with one attached hydrogen (secondary N) is 1. The van der Waals surface area contributed by atoms with Gasteiger partial charge in [-0.25, -0.2) is 0 Å². The molecule has 0 aliphatic carbocycles. The van der Waals surface area contributed by atoms with E-state index in [-0.39, 0.29) is 5.91 Å². The lowest BCUT2D eigenvalue weighted by Crippen LogP contribution is -2.50. The maximum atomic E-state index is 12.4. The fraction of sp³-hybridized carbons (Fsp3) is 0.350. The van der Waals surface area contributed by atoms with Gasteiger partial charge in [0.2, 0.25) is 5.91 Å². The van der Waals surface area contributed by atoms with Crippen LogP contribution in [0, 0.1) is 13.8 Å². The van der Waals surface area contributed by atoms with E-state index in [0.29, 0.717) is 6.54 Å². The van der Waals surface area contributed by atoms with Gasteiger partial charge < -0.3 is 15.1 Å². The molecule has 1 aliphatic heterocycles. The average Bonchev–Trinajstić information content (AvgIpc) is 2.60. The van der Waals surface area contributed by atoms with Crippen molar-refractivity contribution >= 4 is 17.3 Å². The molecule has 1 saturated heterocycles. The van der Waals surface area contributed by atoms with Gasteiger partial charge in [-0.3, -0.25) is 4.79 Å². The second-order valence-electron chi connectivity index (χ2n) is 6.43. The van der Waals surface area contributed by atoms with Gasteiger partial charge in [0, 0.05) is 37.6 Å². The lowest BCUT2D eigenvalue weighted by Gasteiger charge is -2.36. The molecule has 0 atom stereocenters. The van der Waals surface area contributed by atoms with Gasteiger partial charge in [0.25, 0.3) is 0 Å². The molecular formula is C20H25N3O. The maximum Gasteiger partial charge on any atom is 0.241 e. The molecule has 0 unspecified atom stereocenters. The van der Waals surface area contributed by atoms with Crippen LogP contribution in [-0.4, -0.2) is 43.5 Å². The van der Waals surface area contributed by atoms with E-state index in [0.717, 1.165) is 31.9 Å². The standard InChI is InChI=1S/C20H25N3O/c1-16-12-17(2)14-18(13-16)21-15-20(24)23-10-8-22(9-11-23)19-6-4-3-5-7-19/h3-7,12-14,21H,8-11,15H2,1-2H3. The summed E-state index contributed by atoms with van der Waals surface area (Å²) in [5.41, 5.74) is 4.67. The van der Waals surface area contributed by atoms with E-state index < -0.39 is 0 Å². The Bertz CT molecular complexity index is 671. The molecule has 0 spiro atoms. The molecule has 1 heterocycles. The van der Waals surface area contributed by atoms with Crippen LogP contribution in [0.2, 0.25) is 0 Å². The Labute approximate surface area is 144 Å². The third kappa shape index (κ3) is 4.07. The highest BCUT2D eigenvalue weighted by Gasteiger charge is 2.20. The molecule has 0 bridgehead atoms. The molecule has 1 fully saturated rings. The third-order valence-corrected chi connectivity index (χ3v) is 4.42. The fourth-order valence-electron chi connectivity index (χ4n) is 3.22. The summed E-state index contributed by atoms with van der Waals surface area (Å²) in [6, 6.07) is 16.7. The zero-order chi connectivity index (χ0) is 16.9. The normalized spacial score (nSPS) is 14.6. The Hall–Kier alpha value is -2.49. The van der Waals surface area contributed by atoms with Gasteiger partial charge in [-0.2, -0.15) is 0 Å². The molecule has 4 nitrogen and oxygen atoms in total. The molecule has 2 aromatic rings. The van der Waals surface area contributed by atoms with Crippen molar-refractivity contribution in [2.75, 3.05) is 42.9 Å². The van der Waals surface area contributed by atoms with Crippen LogP contribution in [-0.2, 0) is 4.79 Å². The van der Waals surface area contributed by atoms with Crippen LogP contribution in [0.15, 0.2) is 48.5 Å². The van der Waals surface area contributed by atoms with Crippen LogP contribution < -0.4 is 10.2 Å². The number of amides is 1. The quantitative estimate of drug-likeness (QED) is 0.939. The van der Waals surface area contributed by atoms with Crippen molar-refractivity contribution < 1.29 is 4.79 Å². The van der Waals surface area contributed by atoms with Gasteiger partial charge in [-0.05, 0) is 49.2 Å². The minimum atomic E-state index is 0.168. The average molecular weight is 323 g/mol. The van der Waals surface area contributed by atoms with E-state index in [4.69, 9.17) is 0 Å². The highest BCUT2D eigenvalue weighted by molar-refractivity contribution is 5.81. The summed E-state index contributed by atoms with van der Waals surface area (Å²) in [6.07, 6.45) is 0. The Morgan fingerprint density at radius 1 is 0.958 bits per heavy atom. The van der Waals surface area contributed by atoms with Crippen molar-refractivity contribution in [1.29, 1.82) is 0 Å². The van der Waals surface area contributed by atoms with Crippen molar-refractivity contribution in [3.63, 3.8) is 0 Å². The third-order valence-electron chi connectivity index (χ3n) is 4.42. The SMILES string of the molecule is Cc1cc(C)cc(NCC(=O)N2CCN(c3ccccc3)CC2)c1. The number of anilines is 2. The van der Waals surface area contributed by atoms with Crippen LogP contribution in [0.3, 0.4) is 0 Å². The summed E-state index contributed by atoms with van der Waals surface area (Å²) in [4.78, 5) is 16.7. The van der Waals surface area contributed by atoms with E-state index >= 15 is 0 Å². The predicted octanol–water partition coefficient (Wildman–Crippen LogP) is 3.06. The lowest BCUT2D eigenvalue weighted by atomic mass is 10.1. The molecule has 24 heavy (non-hydrogen) atoms. The predicted molar refractivity (Wildman–Crippen MR) is 99.6 cm³/mol. The summed E-state index contributed by atoms with van der Waals surface area (Å²) >= 11 is 0. The summed E-state index contributed by atoms with van der Waals surface area (Å²) in [7, 11) is 0. The highest BCUT2D eigenvalue weighted by atomic mass is 16.2. The first-order chi connectivity index (χ1) is 11.6. The lowest BCUT2D eigenvalue weighted by molar-refractivity contribution is -0.129. The van der Waals surface area contributed by atoms with Gasteiger partial charge in [-0.15, -0.1) is 0 Å². The molecule has 0 radical (unpaired) electrons. The van der Waals surface area contributed by atoms with Crippen LogP contribution in [0.1, 0.15) is 11.1 Å². The van der Waals surface area contributed by atoms with Crippen LogP contribution in [0.4, 0.5) is 11.4 Å². The van der Waals surface area contributed by atoms with Gasteiger partial charge in [0.05, 0.1) is 6.54 Å². The monoisotopic (exact) mass is 323 g/mol. The minimum absolute atomic E-state index is 0.168. The molecule has 0 saturated carbocycles. The van der Waals surface area contributed by atoms with Gasteiger partial charge in [-0.1, -0.05) is 24.3 Å². The summed E-state index contributed by atoms with van der Waals surface area (Å²) in [5.74, 6) is 0.168. The molecule has 1 amide bonds. The highest BCUT2D eigenvalue weighted by Crippen LogP contribution is 2.16. The van der Waals surface area contributed by atoms with E-state index in [2.05, 4.69) is 66.5 Å². The topological polar surface area (TPSA) is 35.6 Å². The smallest absolute Gasteiger partial charge is 0.241 e. The first-order valence-corrected chi connectivity index (χ1v) is 8.52. The van der Waals surface area contributed by atoms with Crippen molar-refractivity contribution in [2.24, 2.45) is 0 Å². The van der Waals surface area contributed by atoms with E-state index in [1.807, 2.05) is 11.0 Å². The Kier molecular flexibility index (Phi) is 5.04. The van der Waals surface area contributed by atoms with Crippen LogP contribution >= 0.6 is 0 Å². The van der Waals surface area contributed by atoms with Crippen molar-refractivity contribution in [3.05, 3.63) is 59.7 Å². The van der Waals surface area contributed by atoms with E-state index in [1.165, 1.54) is 16.8 Å². The second-order valence-corrected chi connectivity index (χ2v) is 6.43. The van der Waals surface area contributed by atoms with Crippen LogP contribution in [0.25, 0.3) is 0 Å². The Balaban J connectivity index is 1.50. The van der Waals surface area contributed by atoms with Gasteiger partial charge >= 0.3 is 0 Å². The minimum Gasteiger partial charge on any atom is -0.376 e. The molecule has 4 heteroatoms. The van der Waals surface area contributed by atoms with E-state index in [1.54, 1.807) is 0 Å². The number of carbonyl (C=O) groups excluding carboxylic acids is 1. The molecule has 3 rings (SSSR count). The summed E-state index contributed by atoms with van der Waals surface area (Å²) < 4.78 is 0. The van der Waals surface area contributed by atoms with Crippen molar-refractivity contribution in [3.8, 4) is 0 Å². The molecule has 2 aromatic carbocycles. The number of carbonyl (C=O) groups is 1. The molecular weight excluding hydrogens is 298 g/mol. The number of para-hydroxylation sites is 1. The summed E-state index contributed by atoms with van der Waals surface area (Å²) in [5, 5.41) is 3.26. The number of rotatable bonds is 4. The second kappa shape index (κ2) is 7.39. The number of hydrogen-bond donors (Lipinski definition) is 1. The number of hydrogen-bond acceptors (Lipinski definition) is 3. The fourth-order valence-corrected chi connectivity index (χ4v) is 3.22. The zero-order valence-electron chi connectivity index (χ0n) is 14.5. The van der Waals surface area contributed by atoms with Crippen LogP contribution in [0.5, 0.6) is 0 Å². The van der Waals surface area contributed by atoms with E-state index in [9.17, 15) is 4.79 Å². The van der Waals surface area contributed by atoms with Crippen molar-refractivity contribution in [2.45, 2.75) is 13.8 Å². The molecule has 1 N–H and O–H groups in total. The molecule has 126 valence electrons. The first kappa shape index (κ1) is 16.4. The Morgan fingerprint density at radius 3 is 2.21 bits per heavy atom. The Morgan fingerprint density at radius 2 is 1.58 bits per heavy atom. The van der Waals surface area contributed by atoms with Crippen molar-refractivity contribution in [1.82, 2.24) is 4.90 Å².